The molecule has 0 aliphatic carbocycles. The molecule has 0 atom stereocenters. The molecule has 0 aliphatic heterocycles. The smallest absolute Gasteiger partial charge is 0.278 e. The van der Waals surface area contributed by atoms with Crippen molar-refractivity contribution < 1.29 is 9.59 Å². The molecular formula is C19H17Cl2N5O2. The van der Waals surface area contributed by atoms with Crippen LogP contribution in [0.5, 0.6) is 0 Å². The van der Waals surface area contributed by atoms with Crippen LogP contribution >= 0.6 is 23.2 Å². The number of carbonyl (C=O) groups excluding carboxylic acids is 2. The largest absolute Gasteiger partial charge is 0.326 e. The molecule has 2 N–H and O–H groups in total. The summed E-state index contributed by atoms with van der Waals surface area (Å²) in [4.78, 5) is 23.6. The van der Waals surface area contributed by atoms with Gasteiger partial charge in [-0.15, -0.1) is 5.10 Å². The second kappa shape index (κ2) is 8.41. The Kier molecular flexibility index (Phi) is 5.96. The summed E-state index contributed by atoms with van der Waals surface area (Å²) in [5, 5.41) is 14.4. The van der Waals surface area contributed by atoms with Crippen LogP contribution in [0.4, 0.5) is 11.4 Å². The van der Waals surface area contributed by atoms with Crippen LogP contribution < -0.4 is 10.6 Å². The summed E-state index contributed by atoms with van der Waals surface area (Å²) in [6, 6.07) is 12.1. The quantitative estimate of drug-likeness (QED) is 0.652. The maximum atomic E-state index is 12.5. The van der Waals surface area contributed by atoms with E-state index in [1.807, 2.05) is 6.07 Å². The molecule has 0 unspecified atom stereocenters. The van der Waals surface area contributed by atoms with Gasteiger partial charge in [0.1, 0.15) is 0 Å². The molecule has 2 amide bonds. The first-order valence-electron chi connectivity index (χ1n) is 8.36. The second-order valence-corrected chi connectivity index (χ2v) is 6.96. The third-order valence-corrected chi connectivity index (χ3v) is 4.72. The van der Waals surface area contributed by atoms with E-state index in [1.165, 1.54) is 6.92 Å². The summed E-state index contributed by atoms with van der Waals surface area (Å²) in [5.41, 5.74) is 2.97. The first kappa shape index (κ1) is 19.9. The van der Waals surface area contributed by atoms with Crippen molar-refractivity contribution >= 4 is 46.4 Å². The van der Waals surface area contributed by atoms with E-state index >= 15 is 0 Å². The number of carbonyl (C=O) groups is 2. The van der Waals surface area contributed by atoms with Gasteiger partial charge in [0.2, 0.25) is 5.91 Å². The van der Waals surface area contributed by atoms with Gasteiger partial charge in [0.25, 0.3) is 5.91 Å². The minimum atomic E-state index is -0.370. The highest BCUT2D eigenvalue weighted by atomic mass is 35.5. The predicted molar refractivity (Wildman–Crippen MR) is 109 cm³/mol. The minimum absolute atomic E-state index is 0.161. The highest BCUT2D eigenvalue weighted by molar-refractivity contribution is 6.42. The molecule has 0 radical (unpaired) electrons. The molecule has 3 rings (SSSR count). The Morgan fingerprint density at radius 1 is 1.00 bits per heavy atom. The Labute approximate surface area is 171 Å². The lowest BCUT2D eigenvalue weighted by molar-refractivity contribution is -0.114. The molecular weight excluding hydrogens is 401 g/mol. The topological polar surface area (TPSA) is 88.9 Å². The van der Waals surface area contributed by atoms with Crippen LogP contribution in [0.1, 0.15) is 28.7 Å². The number of hydrogen-bond donors (Lipinski definition) is 2. The third-order valence-electron chi connectivity index (χ3n) is 3.98. The SMILES string of the molecule is CC(=O)Nc1ccc(NC(=O)c2nnn(Cc3ccc(Cl)c(Cl)c3)c2C)cc1. The van der Waals surface area contributed by atoms with Gasteiger partial charge in [-0.25, -0.2) is 4.68 Å². The molecule has 2 aromatic carbocycles. The Morgan fingerprint density at radius 2 is 1.64 bits per heavy atom. The maximum Gasteiger partial charge on any atom is 0.278 e. The highest BCUT2D eigenvalue weighted by Gasteiger charge is 2.17. The van der Waals surface area contributed by atoms with Crippen LogP contribution in [-0.4, -0.2) is 26.8 Å². The average molecular weight is 418 g/mol. The van der Waals surface area contributed by atoms with Gasteiger partial charge in [-0.3, -0.25) is 9.59 Å². The number of nitrogens with zero attached hydrogens (tertiary/aromatic N) is 3. The van der Waals surface area contributed by atoms with E-state index < -0.39 is 0 Å². The third kappa shape index (κ3) is 4.68. The fourth-order valence-corrected chi connectivity index (χ4v) is 2.88. The molecule has 0 aliphatic rings. The number of anilines is 2. The number of aromatic nitrogens is 3. The van der Waals surface area contributed by atoms with Crippen molar-refractivity contribution in [3.05, 3.63) is 69.5 Å². The zero-order valence-corrected chi connectivity index (χ0v) is 16.7. The molecule has 0 saturated heterocycles. The van der Waals surface area contributed by atoms with Crippen molar-refractivity contribution in [1.29, 1.82) is 0 Å². The monoisotopic (exact) mass is 417 g/mol. The van der Waals surface area contributed by atoms with E-state index in [0.717, 1.165) is 5.56 Å². The number of nitrogens with one attached hydrogen (secondary N) is 2. The van der Waals surface area contributed by atoms with Crippen molar-refractivity contribution in [2.24, 2.45) is 0 Å². The second-order valence-electron chi connectivity index (χ2n) is 6.14. The van der Waals surface area contributed by atoms with Crippen LogP contribution in [-0.2, 0) is 11.3 Å². The van der Waals surface area contributed by atoms with Crippen LogP contribution in [0, 0.1) is 6.92 Å². The Hall–Kier alpha value is -2.90. The van der Waals surface area contributed by atoms with Crippen molar-refractivity contribution in [2.45, 2.75) is 20.4 Å². The lowest BCUT2D eigenvalue weighted by Gasteiger charge is -2.07. The van der Waals surface area contributed by atoms with E-state index in [4.69, 9.17) is 23.2 Å². The Balaban J connectivity index is 1.71. The normalized spacial score (nSPS) is 10.6. The molecule has 1 aromatic heterocycles. The zero-order valence-electron chi connectivity index (χ0n) is 15.2. The summed E-state index contributed by atoms with van der Waals surface area (Å²) in [6.07, 6.45) is 0. The van der Waals surface area contributed by atoms with E-state index in [1.54, 1.807) is 48.0 Å². The number of benzene rings is 2. The van der Waals surface area contributed by atoms with Gasteiger partial charge >= 0.3 is 0 Å². The number of amides is 2. The summed E-state index contributed by atoms with van der Waals surface area (Å²) < 4.78 is 1.62. The highest BCUT2D eigenvalue weighted by Crippen LogP contribution is 2.23. The lowest BCUT2D eigenvalue weighted by Crippen LogP contribution is -2.14. The van der Waals surface area contributed by atoms with E-state index in [2.05, 4.69) is 20.9 Å². The van der Waals surface area contributed by atoms with Crippen molar-refractivity contribution in [2.75, 3.05) is 10.6 Å². The molecule has 144 valence electrons. The van der Waals surface area contributed by atoms with E-state index in [0.29, 0.717) is 33.7 Å². The maximum absolute atomic E-state index is 12.5. The van der Waals surface area contributed by atoms with E-state index in [9.17, 15) is 9.59 Å². The van der Waals surface area contributed by atoms with Crippen LogP contribution in [0.3, 0.4) is 0 Å². The van der Waals surface area contributed by atoms with Gasteiger partial charge in [0, 0.05) is 18.3 Å². The molecule has 9 heteroatoms. The van der Waals surface area contributed by atoms with Gasteiger partial charge in [-0.1, -0.05) is 34.5 Å². The number of hydrogen-bond acceptors (Lipinski definition) is 4. The summed E-state index contributed by atoms with van der Waals surface area (Å²) in [5.74, 6) is -0.531. The van der Waals surface area contributed by atoms with Gasteiger partial charge in [-0.2, -0.15) is 0 Å². The first-order chi connectivity index (χ1) is 13.3. The van der Waals surface area contributed by atoms with Gasteiger partial charge in [-0.05, 0) is 48.9 Å². The number of rotatable bonds is 5. The van der Waals surface area contributed by atoms with E-state index in [-0.39, 0.29) is 17.5 Å². The Bertz CT molecular complexity index is 1030. The van der Waals surface area contributed by atoms with Gasteiger partial charge < -0.3 is 10.6 Å². The fourth-order valence-electron chi connectivity index (χ4n) is 2.56. The molecule has 0 fully saturated rings. The molecule has 0 bridgehead atoms. The van der Waals surface area contributed by atoms with Crippen molar-refractivity contribution in [1.82, 2.24) is 15.0 Å². The van der Waals surface area contributed by atoms with Crippen LogP contribution in [0.15, 0.2) is 42.5 Å². The fraction of sp³-hybridized carbons (Fsp3) is 0.158. The summed E-state index contributed by atoms with van der Waals surface area (Å²) in [7, 11) is 0. The first-order valence-corrected chi connectivity index (χ1v) is 9.12. The zero-order chi connectivity index (χ0) is 20.3. The number of halogens is 2. The molecule has 7 nitrogen and oxygen atoms in total. The van der Waals surface area contributed by atoms with Gasteiger partial charge in [0.15, 0.2) is 5.69 Å². The van der Waals surface area contributed by atoms with Crippen LogP contribution in [0.2, 0.25) is 10.0 Å². The van der Waals surface area contributed by atoms with Crippen molar-refractivity contribution in [3.63, 3.8) is 0 Å². The van der Waals surface area contributed by atoms with Crippen LogP contribution in [0.25, 0.3) is 0 Å². The molecule has 3 aromatic rings. The summed E-state index contributed by atoms with van der Waals surface area (Å²) >= 11 is 12.0. The standard InChI is InChI=1S/C19H17Cl2N5O2/c1-11-18(19(28)23-15-6-4-14(5-7-15)22-12(2)27)24-25-26(11)10-13-3-8-16(20)17(21)9-13/h3-9H,10H2,1-2H3,(H,22,27)(H,23,28). The predicted octanol–water partition coefficient (Wildman–Crippen LogP) is 4.15. The molecule has 0 spiro atoms. The average Bonchev–Trinajstić information content (AvgIpc) is 3.00. The Morgan fingerprint density at radius 3 is 2.25 bits per heavy atom. The van der Waals surface area contributed by atoms with Crippen molar-refractivity contribution in [3.8, 4) is 0 Å². The lowest BCUT2D eigenvalue weighted by atomic mass is 10.2. The molecule has 28 heavy (non-hydrogen) atoms. The minimum Gasteiger partial charge on any atom is -0.326 e. The van der Waals surface area contributed by atoms with Gasteiger partial charge in [0.05, 0.1) is 22.3 Å². The summed E-state index contributed by atoms with van der Waals surface area (Å²) in [6.45, 7) is 3.61. The molecule has 1 heterocycles. The molecule has 0 saturated carbocycles.